The Bertz CT molecular complexity index is 1310. The van der Waals surface area contributed by atoms with Gasteiger partial charge in [-0.05, 0) is 37.6 Å². The summed E-state index contributed by atoms with van der Waals surface area (Å²) in [6, 6.07) is 12.9. The number of fused-ring (bicyclic) bond motifs is 3. The summed E-state index contributed by atoms with van der Waals surface area (Å²) in [6.45, 7) is 2.52. The molecule has 0 fully saturated rings. The highest BCUT2D eigenvalue weighted by atomic mass is 32.2. The second kappa shape index (κ2) is 8.35. The van der Waals surface area contributed by atoms with E-state index >= 15 is 0 Å². The lowest BCUT2D eigenvalue weighted by molar-refractivity contribution is -0.172. The predicted molar refractivity (Wildman–Crippen MR) is 113 cm³/mol. The summed E-state index contributed by atoms with van der Waals surface area (Å²) in [5.41, 5.74) is 3.10. The van der Waals surface area contributed by atoms with Crippen LogP contribution in [0.2, 0.25) is 0 Å². The van der Waals surface area contributed by atoms with Crippen LogP contribution in [-0.4, -0.2) is 44.3 Å². The summed E-state index contributed by atoms with van der Waals surface area (Å²) in [6.07, 6.45) is -4.36. The molecule has 0 radical (unpaired) electrons. The Hall–Kier alpha value is -2.85. The maximum atomic E-state index is 13.3. The molecule has 0 bridgehead atoms. The number of alkyl halides is 3. The Morgan fingerprint density at radius 3 is 2.61 bits per heavy atom. The van der Waals surface area contributed by atoms with Gasteiger partial charge in [0.15, 0.2) is 5.16 Å². The molecule has 0 N–H and O–H groups in total. The summed E-state index contributed by atoms with van der Waals surface area (Å²) in [5.74, 6) is 0.600. The van der Waals surface area contributed by atoms with Gasteiger partial charge in [0.25, 0.3) is 5.56 Å². The van der Waals surface area contributed by atoms with Crippen molar-refractivity contribution < 1.29 is 17.9 Å². The van der Waals surface area contributed by atoms with Crippen LogP contribution in [0.5, 0.6) is 0 Å². The fourth-order valence-corrected chi connectivity index (χ4v) is 4.22. The van der Waals surface area contributed by atoms with E-state index in [0.717, 1.165) is 11.1 Å². The van der Waals surface area contributed by atoms with E-state index in [1.54, 1.807) is 22.6 Å². The van der Waals surface area contributed by atoms with Gasteiger partial charge in [0.05, 0.1) is 23.2 Å². The minimum atomic E-state index is -4.36. The summed E-state index contributed by atoms with van der Waals surface area (Å²) in [5, 5.41) is 9.41. The number of aryl methyl sites for hydroxylation is 2. The van der Waals surface area contributed by atoms with Crippen LogP contribution in [0.3, 0.4) is 0 Å². The molecule has 2 aromatic carbocycles. The Balaban J connectivity index is 1.79. The van der Waals surface area contributed by atoms with E-state index in [2.05, 4.69) is 14.9 Å². The Kier molecular flexibility index (Phi) is 5.76. The Morgan fingerprint density at radius 2 is 1.87 bits per heavy atom. The van der Waals surface area contributed by atoms with Crippen molar-refractivity contribution in [1.82, 2.24) is 19.2 Å². The smallest absolute Gasteiger partial charge is 0.371 e. The zero-order chi connectivity index (χ0) is 22.2. The molecule has 6 nitrogen and oxygen atoms in total. The van der Waals surface area contributed by atoms with Gasteiger partial charge in [-0.3, -0.25) is 9.20 Å². The van der Waals surface area contributed by atoms with Crippen molar-refractivity contribution in [3.8, 4) is 5.69 Å². The third-order valence-corrected chi connectivity index (χ3v) is 5.61. The lowest BCUT2D eigenvalue weighted by Crippen LogP contribution is -2.22. The topological polar surface area (TPSA) is 61.4 Å². The van der Waals surface area contributed by atoms with Crippen molar-refractivity contribution in [2.45, 2.75) is 25.2 Å². The molecule has 0 amide bonds. The average molecular weight is 448 g/mol. The number of ether oxygens (including phenoxy) is 1. The molecule has 0 saturated carbocycles. The highest BCUT2D eigenvalue weighted by Gasteiger charge is 2.27. The lowest BCUT2D eigenvalue weighted by Gasteiger charge is -2.13. The first-order chi connectivity index (χ1) is 14.8. The minimum Gasteiger partial charge on any atom is -0.371 e. The van der Waals surface area contributed by atoms with Gasteiger partial charge in [0.2, 0.25) is 5.78 Å². The van der Waals surface area contributed by atoms with Gasteiger partial charge in [-0.1, -0.05) is 41.6 Å². The van der Waals surface area contributed by atoms with Gasteiger partial charge >= 0.3 is 6.18 Å². The first-order valence-corrected chi connectivity index (χ1v) is 10.5. The maximum Gasteiger partial charge on any atom is 0.411 e. The van der Waals surface area contributed by atoms with E-state index in [1.807, 2.05) is 38.1 Å². The number of hydrogen-bond acceptors (Lipinski definition) is 5. The van der Waals surface area contributed by atoms with E-state index in [-0.39, 0.29) is 17.9 Å². The van der Waals surface area contributed by atoms with Gasteiger partial charge < -0.3 is 4.74 Å². The fraction of sp³-hybridized carbons (Fsp3) is 0.286. The van der Waals surface area contributed by atoms with Crippen LogP contribution < -0.4 is 5.56 Å². The molecule has 2 aromatic heterocycles. The number of benzene rings is 2. The van der Waals surface area contributed by atoms with Gasteiger partial charge in [-0.25, -0.2) is 4.57 Å². The molecule has 2 heterocycles. The van der Waals surface area contributed by atoms with Gasteiger partial charge in [0, 0.05) is 5.75 Å². The monoisotopic (exact) mass is 448 g/mol. The number of halogens is 3. The molecule has 31 heavy (non-hydrogen) atoms. The maximum absolute atomic E-state index is 13.3. The van der Waals surface area contributed by atoms with Gasteiger partial charge in [-0.15, -0.1) is 10.2 Å². The molecule has 0 aliphatic heterocycles. The van der Waals surface area contributed by atoms with Crippen molar-refractivity contribution >= 4 is 28.4 Å². The quantitative estimate of drug-likeness (QED) is 0.325. The van der Waals surface area contributed by atoms with Gasteiger partial charge in [0.1, 0.15) is 6.61 Å². The number of thioether (sulfide) groups is 1. The van der Waals surface area contributed by atoms with Crippen molar-refractivity contribution in [3.05, 3.63) is 63.9 Å². The summed E-state index contributed by atoms with van der Waals surface area (Å²) < 4.78 is 44.7. The van der Waals surface area contributed by atoms with Crippen LogP contribution in [0.4, 0.5) is 13.2 Å². The van der Waals surface area contributed by atoms with Crippen LogP contribution in [0.25, 0.3) is 22.4 Å². The molecule has 0 spiro atoms. The van der Waals surface area contributed by atoms with Gasteiger partial charge in [-0.2, -0.15) is 13.2 Å². The molecular formula is C21H19F3N4O2S. The van der Waals surface area contributed by atoms with Crippen molar-refractivity contribution in [2.75, 3.05) is 19.0 Å². The van der Waals surface area contributed by atoms with E-state index in [9.17, 15) is 18.0 Å². The van der Waals surface area contributed by atoms with Crippen LogP contribution in [-0.2, 0) is 4.74 Å². The SMILES string of the molecule is Cc1ccc(-n2c(=O)c3ccccc3n3c(SCCOCC(F)(F)F)nnc23)c(C)c1. The van der Waals surface area contributed by atoms with Crippen LogP contribution in [0, 0.1) is 13.8 Å². The number of nitrogens with zero attached hydrogens (tertiary/aromatic N) is 4. The Morgan fingerprint density at radius 1 is 1.10 bits per heavy atom. The summed E-state index contributed by atoms with van der Waals surface area (Å²) in [7, 11) is 0. The normalized spacial score (nSPS) is 12.2. The first kappa shape index (κ1) is 21.4. The van der Waals surface area contributed by atoms with E-state index < -0.39 is 12.8 Å². The second-order valence-electron chi connectivity index (χ2n) is 7.08. The van der Waals surface area contributed by atoms with Crippen molar-refractivity contribution in [1.29, 1.82) is 0 Å². The lowest BCUT2D eigenvalue weighted by atomic mass is 10.1. The van der Waals surface area contributed by atoms with E-state index in [0.29, 0.717) is 27.5 Å². The van der Waals surface area contributed by atoms with E-state index in [4.69, 9.17) is 0 Å². The largest absolute Gasteiger partial charge is 0.411 e. The number of para-hydroxylation sites is 1. The first-order valence-electron chi connectivity index (χ1n) is 9.50. The molecule has 0 saturated heterocycles. The third kappa shape index (κ3) is 4.31. The molecule has 4 aromatic rings. The highest BCUT2D eigenvalue weighted by Crippen LogP contribution is 2.24. The van der Waals surface area contributed by atoms with Crippen LogP contribution in [0.15, 0.2) is 52.4 Å². The third-order valence-electron chi connectivity index (χ3n) is 4.71. The van der Waals surface area contributed by atoms with E-state index in [1.165, 1.54) is 16.3 Å². The number of aromatic nitrogens is 4. The van der Waals surface area contributed by atoms with Crippen LogP contribution >= 0.6 is 11.8 Å². The Labute approximate surface area is 179 Å². The number of rotatable bonds is 6. The average Bonchev–Trinajstić information content (AvgIpc) is 3.12. The summed E-state index contributed by atoms with van der Waals surface area (Å²) >= 11 is 1.22. The van der Waals surface area contributed by atoms with Crippen molar-refractivity contribution in [2.24, 2.45) is 0 Å². The summed E-state index contributed by atoms with van der Waals surface area (Å²) in [4.78, 5) is 13.3. The van der Waals surface area contributed by atoms with Crippen molar-refractivity contribution in [3.63, 3.8) is 0 Å². The highest BCUT2D eigenvalue weighted by molar-refractivity contribution is 7.99. The fourth-order valence-electron chi connectivity index (χ4n) is 3.43. The molecule has 0 unspecified atom stereocenters. The molecule has 162 valence electrons. The molecule has 4 rings (SSSR count). The number of hydrogen-bond donors (Lipinski definition) is 0. The standard InChI is InChI=1S/C21H19F3N4O2S/c1-13-7-8-16(14(2)11-13)27-18(29)15-5-3-4-6-17(15)28-19(27)25-26-20(28)31-10-9-30-12-21(22,23)24/h3-8,11H,9-10,12H2,1-2H3. The zero-order valence-corrected chi connectivity index (χ0v) is 17.6. The molecule has 0 aliphatic carbocycles. The molecule has 0 atom stereocenters. The second-order valence-corrected chi connectivity index (χ2v) is 8.14. The minimum absolute atomic E-state index is 0.0896. The zero-order valence-electron chi connectivity index (χ0n) is 16.8. The van der Waals surface area contributed by atoms with Crippen LogP contribution in [0.1, 0.15) is 11.1 Å². The molecule has 10 heteroatoms. The predicted octanol–water partition coefficient (Wildman–Crippen LogP) is 4.32. The molecular weight excluding hydrogens is 429 g/mol. The molecule has 0 aliphatic rings.